The predicted octanol–water partition coefficient (Wildman–Crippen LogP) is 2.51. The van der Waals surface area contributed by atoms with Crippen LogP contribution in [0.5, 0.6) is 0 Å². The molecule has 24 heavy (non-hydrogen) atoms. The summed E-state index contributed by atoms with van der Waals surface area (Å²) in [6.07, 6.45) is 4.52. The second-order valence-corrected chi connectivity index (χ2v) is 6.68. The average Bonchev–Trinajstić information content (AvgIpc) is 3.17. The van der Waals surface area contributed by atoms with Crippen LogP contribution in [0.3, 0.4) is 0 Å². The Balaban J connectivity index is 1.59. The van der Waals surface area contributed by atoms with E-state index in [1.165, 1.54) is 0 Å². The van der Waals surface area contributed by atoms with Crippen LogP contribution in [-0.4, -0.2) is 60.1 Å². The normalized spacial score (nSPS) is 15.3. The van der Waals surface area contributed by atoms with Crippen LogP contribution in [0.1, 0.15) is 22.3 Å². The Morgan fingerprint density at radius 2 is 2.04 bits per heavy atom. The maximum atomic E-state index is 12.8. The summed E-state index contributed by atoms with van der Waals surface area (Å²) < 4.78 is 5.38. The number of carbonyl (C=O) groups is 1. The molecule has 2 aromatic rings. The lowest BCUT2D eigenvalue weighted by Crippen LogP contribution is -2.39. The molecular formula is C18H23N3O2S. The summed E-state index contributed by atoms with van der Waals surface area (Å²) >= 11 is 1.56. The van der Waals surface area contributed by atoms with Crippen molar-refractivity contribution < 1.29 is 9.53 Å². The van der Waals surface area contributed by atoms with Gasteiger partial charge in [0, 0.05) is 50.5 Å². The smallest absolute Gasteiger partial charge is 0.254 e. The molecule has 1 fully saturated rings. The molecule has 1 amide bonds. The second-order valence-electron chi connectivity index (χ2n) is 5.90. The number of hydrogen-bond donors (Lipinski definition) is 0. The van der Waals surface area contributed by atoms with E-state index in [1.807, 2.05) is 33.9 Å². The molecule has 0 N–H and O–H groups in total. The molecule has 0 saturated carbocycles. The molecule has 1 aliphatic rings. The van der Waals surface area contributed by atoms with Gasteiger partial charge in [0.05, 0.1) is 18.8 Å². The van der Waals surface area contributed by atoms with Crippen LogP contribution in [-0.2, 0) is 11.3 Å². The Bertz CT molecular complexity index is 612. The summed E-state index contributed by atoms with van der Waals surface area (Å²) in [4.78, 5) is 21.2. The highest BCUT2D eigenvalue weighted by molar-refractivity contribution is 7.08. The Labute approximate surface area is 146 Å². The number of amides is 1. The number of rotatable bonds is 7. The molecule has 2 aromatic heterocycles. The van der Waals surface area contributed by atoms with E-state index in [0.717, 1.165) is 56.9 Å². The van der Waals surface area contributed by atoms with Gasteiger partial charge in [-0.15, -0.1) is 0 Å². The molecular weight excluding hydrogens is 322 g/mol. The molecule has 6 heteroatoms. The van der Waals surface area contributed by atoms with Crippen molar-refractivity contribution in [3.8, 4) is 0 Å². The molecule has 3 heterocycles. The van der Waals surface area contributed by atoms with Gasteiger partial charge in [-0.2, -0.15) is 11.3 Å². The number of ether oxygens (including phenoxy) is 1. The first-order valence-electron chi connectivity index (χ1n) is 8.33. The topological polar surface area (TPSA) is 45.7 Å². The van der Waals surface area contributed by atoms with Gasteiger partial charge in [0.15, 0.2) is 0 Å². The van der Waals surface area contributed by atoms with Crippen LogP contribution < -0.4 is 0 Å². The molecule has 0 atom stereocenters. The minimum absolute atomic E-state index is 0.107. The fourth-order valence-electron chi connectivity index (χ4n) is 2.84. The van der Waals surface area contributed by atoms with E-state index in [4.69, 9.17) is 4.74 Å². The molecule has 0 radical (unpaired) electrons. The zero-order valence-electron chi connectivity index (χ0n) is 13.8. The minimum Gasteiger partial charge on any atom is -0.379 e. The standard InChI is InChI=1S/C18H23N3O2S/c22-18(17-4-13-24-15-17)21(14-16-2-5-19-6-3-16)8-1-7-20-9-11-23-12-10-20/h2-6,13,15H,1,7-12,14H2. The second kappa shape index (κ2) is 8.92. The number of morpholine rings is 1. The maximum Gasteiger partial charge on any atom is 0.254 e. The Hall–Kier alpha value is -1.76. The molecule has 1 aliphatic heterocycles. The first-order valence-corrected chi connectivity index (χ1v) is 9.28. The highest BCUT2D eigenvalue weighted by Crippen LogP contribution is 2.13. The zero-order valence-corrected chi connectivity index (χ0v) is 14.6. The molecule has 0 aromatic carbocycles. The number of thiophene rings is 1. The molecule has 0 spiro atoms. The van der Waals surface area contributed by atoms with Crippen LogP contribution in [0.2, 0.25) is 0 Å². The summed E-state index contributed by atoms with van der Waals surface area (Å²) in [5.41, 5.74) is 1.89. The number of hydrogen-bond acceptors (Lipinski definition) is 5. The van der Waals surface area contributed by atoms with Gasteiger partial charge < -0.3 is 9.64 Å². The zero-order chi connectivity index (χ0) is 16.6. The van der Waals surface area contributed by atoms with E-state index >= 15 is 0 Å². The fourth-order valence-corrected chi connectivity index (χ4v) is 3.47. The van der Waals surface area contributed by atoms with Crippen LogP contribution in [0.4, 0.5) is 0 Å². The Kier molecular flexibility index (Phi) is 6.34. The quantitative estimate of drug-likeness (QED) is 0.773. The number of aromatic nitrogens is 1. The third-order valence-corrected chi connectivity index (χ3v) is 4.87. The highest BCUT2D eigenvalue weighted by Gasteiger charge is 2.17. The van der Waals surface area contributed by atoms with Crippen LogP contribution in [0.15, 0.2) is 41.4 Å². The number of nitrogens with zero attached hydrogens (tertiary/aromatic N) is 3. The van der Waals surface area contributed by atoms with Gasteiger partial charge in [-0.1, -0.05) is 0 Å². The van der Waals surface area contributed by atoms with Crippen LogP contribution in [0.25, 0.3) is 0 Å². The Morgan fingerprint density at radius 3 is 2.75 bits per heavy atom. The van der Waals surface area contributed by atoms with Gasteiger partial charge in [-0.3, -0.25) is 14.7 Å². The molecule has 0 aliphatic carbocycles. The van der Waals surface area contributed by atoms with Crippen molar-refractivity contribution in [3.63, 3.8) is 0 Å². The summed E-state index contributed by atoms with van der Waals surface area (Å²) in [6.45, 7) is 6.00. The van der Waals surface area contributed by atoms with Gasteiger partial charge in [0.25, 0.3) is 5.91 Å². The first-order chi connectivity index (χ1) is 11.8. The van der Waals surface area contributed by atoms with Gasteiger partial charge in [0.2, 0.25) is 0 Å². The fraction of sp³-hybridized carbons (Fsp3) is 0.444. The molecule has 0 bridgehead atoms. The van der Waals surface area contributed by atoms with Crippen molar-refractivity contribution in [1.29, 1.82) is 0 Å². The number of carbonyl (C=O) groups excluding carboxylic acids is 1. The van der Waals surface area contributed by atoms with E-state index < -0.39 is 0 Å². The monoisotopic (exact) mass is 345 g/mol. The maximum absolute atomic E-state index is 12.8. The van der Waals surface area contributed by atoms with Crippen molar-refractivity contribution in [2.45, 2.75) is 13.0 Å². The van der Waals surface area contributed by atoms with Crippen molar-refractivity contribution in [3.05, 3.63) is 52.5 Å². The molecule has 3 rings (SSSR count). The van der Waals surface area contributed by atoms with Crippen molar-refractivity contribution >= 4 is 17.2 Å². The third-order valence-electron chi connectivity index (χ3n) is 4.18. The van der Waals surface area contributed by atoms with Gasteiger partial charge in [-0.25, -0.2) is 0 Å². The van der Waals surface area contributed by atoms with E-state index in [0.29, 0.717) is 6.54 Å². The van der Waals surface area contributed by atoms with Crippen LogP contribution in [0, 0.1) is 0 Å². The van der Waals surface area contributed by atoms with Crippen molar-refractivity contribution in [2.75, 3.05) is 39.4 Å². The summed E-state index contributed by atoms with van der Waals surface area (Å²) in [7, 11) is 0. The van der Waals surface area contributed by atoms with Gasteiger partial charge in [-0.05, 0) is 35.6 Å². The SMILES string of the molecule is O=C(c1ccsc1)N(CCCN1CCOCC1)Cc1ccncc1. The van der Waals surface area contributed by atoms with E-state index in [1.54, 1.807) is 23.7 Å². The summed E-state index contributed by atoms with van der Waals surface area (Å²) in [6, 6.07) is 5.83. The molecule has 5 nitrogen and oxygen atoms in total. The van der Waals surface area contributed by atoms with E-state index in [2.05, 4.69) is 9.88 Å². The highest BCUT2D eigenvalue weighted by atomic mass is 32.1. The lowest BCUT2D eigenvalue weighted by molar-refractivity contribution is 0.0355. The molecule has 0 unspecified atom stereocenters. The average molecular weight is 345 g/mol. The largest absolute Gasteiger partial charge is 0.379 e. The predicted molar refractivity (Wildman–Crippen MR) is 95.2 cm³/mol. The minimum atomic E-state index is 0.107. The van der Waals surface area contributed by atoms with E-state index in [-0.39, 0.29) is 5.91 Å². The lowest BCUT2D eigenvalue weighted by atomic mass is 10.2. The number of pyridine rings is 1. The van der Waals surface area contributed by atoms with Gasteiger partial charge in [0.1, 0.15) is 0 Å². The van der Waals surface area contributed by atoms with E-state index in [9.17, 15) is 4.79 Å². The summed E-state index contributed by atoms with van der Waals surface area (Å²) in [5.74, 6) is 0.107. The summed E-state index contributed by atoms with van der Waals surface area (Å²) in [5, 5.41) is 3.87. The molecule has 128 valence electrons. The third kappa shape index (κ3) is 4.87. The van der Waals surface area contributed by atoms with Crippen molar-refractivity contribution in [2.24, 2.45) is 0 Å². The molecule has 1 saturated heterocycles. The first kappa shape index (κ1) is 17.1. The lowest BCUT2D eigenvalue weighted by Gasteiger charge is -2.28. The Morgan fingerprint density at radius 1 is 1.25 bits per heavy atom. The van der Waals surface area contributed by atoms with Crippen molar-refractivity contribution in [1.82, 2.24) is 14.8 Å². The van der Waals surface area contributed by atoms with Crippen LogP contribution >= 0.6 is 11.3 Å². The van der Waals surface area contributed by atoms with Gasteiger partial charge >= 0.3 is 0 Å².